The maximum Gasteiger partial charge on any atom is 0.335 e. The fourth-order valence-electron chi connectivity index (χ4n) is 3.29. The standard InChI is InChI=1S/C25H18N2O5S/c28-22-21(23(29)27(25(33)26-22)19-9-2-1-3-10-19)14-16-6-5-11-20(13-16)32-15-17-7-4-8-18(12-17)24(30)31/h1-14H,15H2,(H,30,31)(H,26,28,33). The summed E-state index contributed by atoms with van der Waals surface area (Å²) in [6, 6.07) is 22.2. The van der Waals surface area contributed by atoms with Gasteiger partial charge in [0.15, 0.2) is 5.11 Å². The number of hydrogen-bond donors (Lipinski definition) is 2. The first-order valence-corrected chi connectivity index (χ1v) is 10.3. The van der Waals surface area contributed by atoms with E-state index in [0.29, 0.717) is 22.6 Å². The lowest BCUT2D eigenvalue weighted by molar-refractivity contribution is -0.122. The first kappa shape index (κ1) is 21.9. The van der Waals surface area contributed by atoms with Gasteiger partial charge in [-0.05, 0) is 65.8 Å². The Balaban J connectivity index is 1.55. The second-order valence-electron chi connectivity index (χ2n) is 7.16. The first-order chi connectivity index (χ1) is 15.9. The Hall–Kier alpha value is -4.30. The third-order valence-electron chi connectivity index (χ3n) is 4.86. The number of benzene rings is 3. The summed E-state index contributed by atoms with van der Waals surface area (Å²) in [5.74, 6) is -1.60. The number of aromatic carboxylic acids is 1. The lowest BCUT2D eigenvalue weighted by Gasteiger charge is -2.28. The topological polar surface area (TPSA) is 95.9 Å². The molecule has 0 aliphatic carbocycles. The molecule has 164 valence electrons. The highest BCUT2D eigenvalue weighted by molar-refractivity contribution is 7.80. The Bertz CT molecular complexity index is 1290. The monoisotopic (exact) mass is 458 g/mol. The van der Waals surface area contributed by atoms with Crippen molar-refractivity contribution in [1.29, 1.82) is 0 Å². The molecule has 33 heavy (non-hydrogen) atoms. The number of carbonyl (C=O) groups is 3. The van der Waals surface area contributed by atoms with Crippen LogP contribution in [0.3, 0.4) is 0 Å². The average molecular weight is 458 g/mol. The van der Waals surface area contributed by atoms with Crippen LogP contribution in [0.5, 0.6) is 5.75 Å². The minimum Gasteiger partial charge on any atom is -0.489 e. The highest BCUT2D eigenvalue weighted by Crippen LogP contribution is 2.23. The van der Waals surface area contributed by atoms with Crippen molar-refractivity contribution in [2.24, 2.45) is 0 Å². The van der Waals surface area contributed by atoms with E-state index >= 15 is 0 Å². The number of para-hydroxylation sites is 1. The number of carboxylic acid groups (broad SMARTS) is 1. The molecule has 0 spiro atoms. The number of thiocarbonyl (C=S) groups is 1. The number of rotatable bonds is 6. The second kappa shape index (κ2) is 9.46. The zero-order valence-corrected chi connectivity index (χ0v) is 18.0. The van der Waals surface area contributed by atoms with E-state index in [0.717, 1.165) is 0 Å². The molecule has 0 aromatic heterocycles. The molecule has 0 bridgehead atoms. The number of nitrogens with one attached hydrogen (secondary N) is 1. The van der Waals surface area contributed by atoms with Crippen molar-refractivity contribution < 1.29 is 24.2 Å². The van der Waals surface area contributed by atoms with Crippen LogP contribution in [-0.2, 0) is 16.2 Å². The van der Waals surface area contributed by atoms with Crippen LogP contribution >= 0.6 is 12.2 Å². The van der Waals surface area contributed by atoms with Gasteiger partial charge in [-0.25, -0.2) is 4.79 Å². The predicted octanol–water partition coefficient (Wildman–Crippen LogP) is 3.80. The smallest absolute Gasteiger partial charge is 0.335 e. The van der Waals surface area contributed by atoms with E-state index < -0.39 is 17.8 Å². The Kier molecular flexibility index (Phi) is 6.28. The summed E-state index contributed by atoms with van der Waals surface area (Å²) < 4.78 is 5.78. The minimum absolute atomic E-state index is 0.0222. The quantitative estimate of drug-likeness (QED) is 0.332. The molecule has 1 saturated heterocycles. The third kappa shape index (κ3) is 4.97. The van der Waals surface area contributed by atoms with Crippen LogP contribution in [0.25, 0.3) is 6.08 Å². The largest absolute Gasteiger partial charge is 0.489 e. The number of carboxylic acids is 1. The van der Waals surface area contributed by atoms with E-state index in [2.05, 4.69) is 5.32 Å². The summed E-state index contributed by atoms with van der Waals surface area (Å²) in [5.41, 5.74) is 1.97. The highest BCUT2D eigenvalue weighted by Gasteiger charge is 2.34. The lowest BCUT2D eigenvalue weighted by atomic mass is 10.1. The number of anilines is 1. The lowest BCUT2D eigenvalue weighted by Crippen LogP contribution is -2.54. The Morgan fingerprint density at radius 3 is 2.52 bits per heavy atom. The molecule has 0 atom stereocenters. The Morgan fingerprint density at radius 1 is 1.00 bits per heavy atom. The van der Waals surface area contributed by atoms with Gasteiger partial charge in [0.05, 0.1) is 11.3 Å². The van der Waals surface area contributed by atoms with Crippen LogP contribution in [-0.4, -0.2) is 28.0 Å². The van der Waals surface area contributed by atoms with Gasteiger partial charge in [-0.3, -0.25) is 19.8 Å². The molecular formula is C25H18N2O5S. The van der Waals surface area contributed by atoms with Gasteiger partial charge in [0, 0.05) is 0 Å². The van der Waals surface area contributed by atoms with Gasteiger partial charge < -0.3 is 9.84 Å². The fraction of sp³-hybridized carbons (Fsp3) is 0.0400. The molecular weight excluding hydrogens is 440 g/mol. The van der Waals surface area contributed by atoms with Crippen molar-refractivity contribution in [3.05, 3.63) is 101 Å². The van der Waals surface area contributed by atoms with Gasteiger partial charge >= 0.3 is 5.97 Å². The molecule has 0 unspecified atom stereocenters. The molecule has 8 heteroatoms. The van der Waals surface area contributed by atoms with Crippen LogP contribution in [0.4, 0.5) is 5.69 Å². The van der Waals surface area contributed by atoms with Crippen molar-refractivity contribution in [2.75, 3.05) is 4.90 Å². The zero-order chi connectivity index (χ0) is 23.4. The molecule has 1 aliphatic heterocycles. The van der Waals surface area contributed by atoms with Crippen LogP contribution in [0.15, 0.2) is 84.4 Å². The fourth-order valence-corrected chi connectivity index (χ4v) is 3.57. The van der Waals surface area contributed by atoms with Crippen LogP contribution in [0.1, 0.15) is 21.5 Å². The van der Waals surface area contributed by atoms with Gasteiger partial charge in [0.2, 0.25) is 0 Å². The zero-order valence-electron chi connectivity index (χ0n) is 17.2. The van der Waals surface area contributed by atoms with E-state index in [1.165, 1.54) is 17.0 Å². The van der Waals surface area contributed by atoms with Gasteiger partial charge in [0.25, 0.3) is 11.8 Å². The van der Waals surface area contributed by atoms with Gasteiger partial charge in [-0.15, -0.1) is 0 Å². The number of hydrogen-bond acceptors (Lipinski definition) is 5. The molecule has 2 N–H and O–H groups in total. The van der Waals surface area contributed by atoms with Crippen molar-refractivity contribution in [2.45, 2.75) is 6.61 Å². The summed E-state index contributed by atoms with van der Waals surface area (Å²) in [5, 5.41) is 11.7. The molecule has 4 rings (SSSR count). The molecule has 1 heterocycles. The summed E-state index contributed by atoms with van der Waals surface area (Å²) >= 11 is 5.20. The van der Waals surface area contributed by atoms with Crippen molar-refractivity contribution >= 4 is 46.9 Å². The Morgan fingerprint density at radius 2 is 1.76 bits per heavy atom. The molecule has 2 amide bonds. The predicted molar refractivity (Wildman–Crippen MR) is 127 cm³/mol. The number of amides is 2. The van der Waals surface area contributed by atoms with E-state index in [4.69, 9.17) is 22.1 Å². The second-order valence-corrected chi connectivity index (χ2v) is 7.55. The Labute approximate surface area is 194 Å². The van der Waals surface area contributed by atoms with E-state index in [1.54, 1.807) is 66.7 Å². The summed E-state index contributed by atoms with van der Waals surface area (Å²) in [6.07, 6.45) is 1.48. The SMILES string of the molecule is O=C1NC(=S)N(c2ccccc2)C(=O)C1=Cc1cccc(OCc2cccc(C(=O)O)c2)c1. The summed E-state index contributed by atoms with van der Waals surface area (Å²) in [4.78, 5) is 38.0. The third-order valence-corrected chi connectivity index (χ3v) is 5.15. The van der Waals surface area contributed by atoms with E-state index in [1.807, 2.05) is 6.07 Å². The van der Waals surface area contributed by atoms with E-state index in [9.17, 15) is 14.4 Å². The summed E-state index contributed by atoms with van der Waals surface area (Å²) in [7, 11) is 0. The van der Waals surface area contributed by atoms with Gasteiger partial charge in [-0.2, -0.15) is 0 Å². The van der Waals surface area contributed by atoms with E-state index in [-0.39, 0.29) is 22.9 Å². The van der Waals surface area contributed by atoms with Gasteiger partial charge in [0.1, 0.15) is 17.9 Å². The maximum absolute atomic E-state index is 13.1. The van der Waals surface area contributed by atoms with Crippen LogP contribution in [0.2, 0.25) is 0 Å². The molecule has 3 aromatic rings. The van der Waals surface area contributed by atoms with Crippen molar-refractivity contribution in [1.82, 2.24) is 5.32 Å². The molecule has 1 fully saturated rings. The number of nitrogens with zero attached hydrogens (tertiary/aromatic N) is 1. The summed E-state index contributed by atoms with van der Waals surface area (Å²) in [6.45, 7) is 0.163. The van der Waals surface area contributed by atoms with Gasteiger partial charge in [-0.1, -0.05) is 42.5 Å². The van der Waals surface area contributed by atoms with Crippen LogP contribution < -0.4 is 15.0 Å². The number of carbonyl (C=O) groups excluding carboxylic acids is 2. The minimum atomic E-state index is -1.01. The maximum atomic E-state index is 13.1. The van der Waals surface area contributed by atoms with Crippen LogP contribution in [0, 0.1) is 0 Å². The normalized spacial score (nSPS) is 14.8. The molecule has 7 nitrogen and oxygen atoms in total. The average Bonchev–Trinajstić information content (AvgIpc) is 2.81. The molecule has 1 aliphatic rings. The van der Waals surface area contributed by atoms with Crippen molar-refractivity contribution in [3.8, 4) is 5.75 Å². The molecule has 3 aromatic carbocycles. The van der Waals surface area contributed by atoms with Crippen molar-refractivity contribution in [3.63, 3.8) is 0 Å². The number of ether oxygens (including phenoxy) is 1. The molecule has 0 saturated carbocycles. The highest BCUT2D eigenvalue weighted by atomic mass is 32.1. The first-order valence-electron chi connectivity index (χ1n) is 9.94. The molecule has 0 radical (unpaired) electrons.